The Morgan fingerprint density at radius 1 is 1.45 bits per heavy atom. The Bertz CT molecular complexity index is 1120. The summed E-state index contributed by atoms with van der Waals surface area (Å²) in [6.07, 6.45) is -2.31. The number of hydrogen-bond donors (Lipinski definition) is 2. The summed E-state index contributed by atoms with van der Waals surface area (Å²) in [6, 6.07) is -0.956. The summed E-state index contributed by atoms with van der Waals surface area (Å²) in [5.41, 5.74) is -4.37. The van der Waals surface area contributed by atoms with Crippen molar-refractivity contribution >= 4 is 11.6 Å². The van der Waals surface area contributed by atoms with Crippen molar-refractivity contribution in [3.8, 4) is 0 Å². The Hall–Kier alpha value is -1.34. The lowest BCUT2D eigenvalue weighted by Crippen LogP contribution is -2.63. The van der Waals surface area contributed by atoms with Crippen molar-refractivity contribution in [1.82, 2.24) is 0 Å². The average molecular weight is 437 g/mol. The number of carbonyl (C=O) groups excluding carboxylic acids is 2. The molecule has 0 bridgehead atoms. The van der Waals surface area contributed by atoms with Crippen LogP contribution < -0.4 is 0 Å². The maximum atomic E-state index is 13.6. The van der Waals surface area contributed by atoms with E-state index in [-0.39, 0.29) is 24.8 Å². The van der Waals surface area contributed by atoms with Crippen molar-refractivity contribution in [2.24, 2.45) is 28.6 Å². The molecule has 1 saturated heterocycles. The minimum absolute atomic E-state index is 0.0202. The molecule has 1 aliphatic heterocycles. The second-order valence-electron chi connectivity index (χ2n) is 10.1. The van der Waals surface area contributed by atoms with Gasteiger partial charge < -0.3 is 19.7 Å². The van der Waals surface area contributed by atoms with E-state index in [9.17, 15) is 19.8 Å². The predicted octanol–water partition coefficient (Wildman–Crippen LogP) is 2.72. The maximum Gasteiger partial charge on any atom is 0.193 e. The molecular weight excluding hydrogens is 396 g/mol. The Balaban J connectivity index is 1.65. The quantitative estimate of drug-likeness (QED) is 0.704. The molecular formula is C25H34O6. The first-order chi connectivity index (χ1) is 17.0. The molecule has 6 heteroatoms. The molecule has 4 aliphatic carbocycles. The Labute approximate surface area is 192 Å². The summed E-state index contributed by atoms with van der Waals surface area (Å²) in [4.78, 5) is 26.1. The molecule has 1 unspecified atom stereocenters. The van der Waals surface area contributed by atoms with Gasteiger partial charge in [0.1, 0.15) is 6.56 Å². The highest BCUT2D eigenvalue weighted by Crippen LogP contribution is 2.69. The summed E-state index contributed by atoms with van der Waals surface area (Å²) in [6.45, 7) is 2.09. The number of fused-ring (bicyclic) bond motifs is 7. The van der Waals surface area contributed by atoms with Gasteiger partial charge in [0.2, 0.25) is 0 Å². The minimum Gasteiger partial charge on any atom is -0.393 e. The lowest BCUT2D eigenvalue weighted by Gasteiger charge is -2.59. The van der Waals surface area contributed by atoms with E-state index in [2.05, 4.69) is 0 Å². The smallest absolute Gasteiger partial charge is 0.193 e. The van der Waals surface area contributed by atoms with Crippen LogP contribution in [-0.4, -0.2) is 52.4 Å². The topological polar surface area (TPSA) is 93.1 Å². The molecule has 0 amide bonds. The van der Waals surface area contributed by atoms with Gasteiger partial charge in [0, 0.05) is 19.5 Å². The van der Waals surface area contributed by atoms with Crippen LogP contribution in [0.4, 0.5) is 0 Å². The zero-order chi connectivity index (χ0) is 27.5. The number of hydrogen-bond acceptors (Lipinski definition) is 6. The number of aliphatic hydroxyl groups excluding tert-OH is 1. The van der Waals surface area contributed by atoms with E-state index >= 15 is 0 Å². The molecule has 3 saturated carbocycles. The Morgan fingerprint density at radius 2 is 2.23 bits per heavy atom. The molecule has 9 atom stereocenters. The van der Waals surface area contributed by atoms with Crippen molar-refractivity contribution in [1.29, 1.82) is 0 Å². The zero-order valence-corrected chi connectivity index (χ0v) is 18.1. The Morgan fingerprint density at radius 3 is 2.94 bits per heavy atom. The molecule has 6 nitrogen and oxygen atoms in total. The van der Waals surface area contributed by atoms with Gasteiger partial charge in [-0.2, -0.15) is 0 Å². The molecule has 170 valence electrons. The van der Waals surface area contributed by atoms with Crippen LogP contribution >= 0.6 is 0 Å². The van der Waals surface area contributed by atoms with Gasteiger partial charge in [0.05, 0.1) is 17.7 Å². The fourth-order valence-electron chi connectivity index (χ4n) is 7.44. The van der Waals surface area contributed by atoms with E-state index in [0.717, 1.165) is 0 Å². The van der Waals surface area contributed by atoms with Crippen LogP contribution in [0.3, 0.4) is 0 Å². The molecule has 5 aliphatic rings. The first-order valence-electron chi connectivity index (χ1n) is 14.2. The van der Waals surface area contributed by atoms with E-state index in [0.29, 0.717) is 12.8 Å². The van der Waals surface area contributed by atoms with Crippen LogP contribution in [0.15, 0.2) is 23.8 Å². The van der Waals surface area contributed by atoms with Gasteiger partial charge in [-0.25, -0.2) is 0 Å². The molecule has 31 heavy (non-hydrogen) atoms. The van der Waals surface area contributed by atoms with Crippen molar-refractivity contribution in [3.63, 3.8) is 0 Å². The zero-order valence-electron chi connectivity index (χ0n) is 24.1. The predicted molar refractivity (Wildman–Crippen MR) is 113 cm³/mol. The maximum absolute atomic E-state index is 13.6. The molecule has 0 spiro atoms. The van der Waals surface area contributed by atoms with Crippen molar-refractivity contribution in [2.75, 3.05) is 6.56 Å². The van der Waals surface area contributed by atoms with Gasteiger partial charge in [0.15, 0.2) is 23.5 Å². The number of aliphatic hydroxyl groups is 2. The summed E-state index contributed by atoms with van der Waals surface area (Å²) in [5.74, 6) is -3.67. The molecule has 0 aromatic carbocycles. The number of rotatable bonds is 4. The van der Waals surface area contributed by atoms with Crippen LogP contribution in [0, 0.1) is 28.6 Å². The van der Waals surface area contributed by atoms with E-state index in [1.165, 1.54) is 6.08 Å². The molecule has 0 radical (unpaired) electrons. The first-order valence-corrected chi connectivity index (χ1v) is 11.2. The van der Waals surface area contributed by atoms with Gasteiger partial charge >= 0.3 is 0 Å². The molecule has 5 rings (SSSR count). The molecule has 0 aromatic rings. The van der Waals surface area contributed by atoms with Gasteiger partial charge in [-0.1, -0.05) is 38.8 Å². The fourth-order valence-corrected chi connectivity index (χ4v) is 7.44. The lowest BCUT2D eigenvalue weighted by molar-refractivity contribution is -0.200. The van der Waals surface area contributed by atoms with Crippen LogP contribution in [0.5, 0.6) is 0 Å². The highest BCUT2D eigenvalue weighted by Gasteiger charge is 2.75. The van der Waals surface area contributed by atoms with Crippen molar-refractivity contribution < 1.29 is 37.5 Å². The van der Waals surface area contributed by atoms with Crippen LogP contribution in [0.2, 0.25) is 0 Å². The summed E-state index contributed by atoms with van der Waals surface area (Å²) in [5, 5.41) is 21.9. The summed E-state index contributed by atoms with van der Waals surface area (Å²) in [7, 11) is 0. The summed E-state index contributed by atoms with van der Waals surface area (Å²) >= 11 is 0. The number of ether oxygens (including phenoxy) is 2. The van der Waals surface area contributed by atoms with Gasteiger partial charge in [-0.3, -0.25) is 9.59 Å². The number of ketones is 2. The molecule has 1 heterocycles. The number of carbonyl (C=O) groups is 2. The standard InChI is InChI=1S/C25H34O6/c1-4-5-21-30-20-11-17-16-7-6-14-10-15(27)8-9-23(14,2)22(16)18(28)12-24(17,3)25(20,31-21)19(29)13-26/h8-10,16-18,20-22,26,28H,4-7,11-13H2,1-3H3/t16-,17-,18-,20+,21?,22+,23-,24-,25+/m0/s1/i6D2,8D,10D,13D2. The monoisotopic (exact) mass is 436 g/mol. The second-order valence-corrected chi connectivity index (χ2v) is 10.1. The van der Waals surface area contributed by atoms with Gasteiger partial charge in [-0.15, -0.1) is 0 Å². The number of Topliss-reactive ketones (excluding diaryl/α,β-unsaturated/α-hetero) is 1. The van der Waals surface area contributed by atoms with E-state index in [4.69, 9.17) is 17.7 Å². The van der Waals surface area contributed by atoms with Crippen LogP contribution in [0.1, 0.15) is 67.5 Å². The third-order valence-corrected chi connectivity index (χ3v) is 8.70. The normalized spacial score (nSPS) is 55.9. The van der Waals surface area contributed by atoms with Crippen LogP contribution in [-0.2, 0) is 19.1 Å². The largest absolute Gasteiger partial charge is 0.393 e. The van der Waals surface area contributed by atoms with Crippen molar-refractivity contribution in [3.05, 3.63) is 23.8 Å². The third kappa shape index (κ3) is 2.65. The van der Waals surface area contributed by atoms with E-state index < -0.39 is 89.3 Å². The highest BCUT2D eigenvalue weighted by atomic mass is 16.7. The highest BCUT2D eigenvalue weighted by molar-refractivity contribution is 6.01. The van der Waals surface area contributed by atoms with Gasteiger partial charge in [0.25, 0.3) is 0 Å². The summed E-state index contributed by atoms with van der Waals surface area (Å²) < 4.78 is 62.4. The van der Waals surface area contributed by atoms with Gasteiger partial charge in [-0.05, 0) is 56.0 Å². The Kier molecular flexibility index (Phi) is 3.54. The van der Waals surface area contributed by atoms with E-state index in [1.807, 2.05) is 6.92 Å². The number of allylic oxidation sites excluding steroid dienone is 4. The second kappa shape index (κ2) is 7.08. The molecule has 2 N–H and O–H groups in total. The molecule has 4 fully saturated rings. The first kappa shape index (κ1) is 15.5. The third-order valence-electron chi connectivity index (χ3n) is 8.70. The van der Waals surface area contributed by atoms with Crippen molar-refractivity contribution in [2.45, 2.75) is 83.3 Å². The molecule has 0 aromatic heterocycles. The SMILES string of the molecule is [2H]C1=C[C@@]2(C)C(=C([2H])C1=O)C([2H])([2H])C[C@@H]1[C@@H]2[C@@H](O)C[C@@]2(C)[C@H]1C[C@H]1OC(CCC)O[C@]12C(=O)C([2H])([2H])O. The fraction of sp³-hybridized carbons (Fsp3) is 0.760. The average Bonchev–Trinajstić information content (AvgIpc) is 3.22. The van der Waals surface area contributed by atoms with Crippen LogP contribution in [0.25, 0.3) is 0 Å². The minimum atomic E-state index is -3.21. The lowest BCUT2D eigenvalue weighted by atomic mass is 9.46. The van der Waals surface area contributed by atoms with E-state index in [1.54, 1.807) is 13.8 Å².